The minimum atomic E-state index is -0.542. The van der Waals surface area contributed by atoms with Crippen molar-refractivity contribution in [2.75, 3.05) is 37.7 Å². The van der Waals surface area contributed by atoms with Gasteiger partial charge in [-0.3, -0.25) is 14.6 Å². The number of amides is 2. The van der Waals surface area contributed by atoms with E-state index in [0.717, 1.165) is 68.5 Å². The van der Waals surface area contributed by atoms with Crippen LogP contribution in [0.1, 0.15) is 36.2 Å². The van der Waals surface area contributed by atoms with Crippen molar-refractivity contribution >= 4 is 28.4 Å². The summed E-state index contributed by atoms with van der Waals surface area (Å²) in [6, 6.07) is 3.44. The topological polar surface area (TPSA) is 102 Å². The molecule has 0 unspecified atom stereocenters. The van der Waals surface area contributed by atoms with Crippen LogP contribution in [0.5, 0.6) is 0 Å². The highest BCUT2D eigenvalue weighted by Gasteiger charge is 2.24. The van der Waals surface area contributed by atoms with Crippen LogP contribution in [0.25, 0.3) is 10.9 Å². The maximum Gasteiger partial charge on any atom is 0.267 e. The summed E-state index contributed by atoms with van der Waals surface area (Å²) in [5.41, 5.74) is 7.25. The number of piperidine rings is 1. The smallest absolute Gasteiger partial charge is 0.267 e. The zero-order valence-corrected chi connectivity index (χ0v) is 15.8. The van der Waals surface area contributed by atoms with E-state index in [0.29, 0.717) is 0 Å². The first-order chi connectivity index (χ1) is 13.6. The Balaban J connectivity index is 1.39. The first-order valence-corrected chi connectivity index (χ1v) is 9.81. The second-order valence-electron chi connectivity index (χ2n) is 7.38. The Bertz CT molecular complexity index is 873. The Labute approximate surface area is 163 Å². The molecule has 2 saturated heterocycles. The number of likely N-dealkylation sites (tertiary alicyclic amines) is 1. The van der Waals surface area contributed by atoms with E-state index in [9.17, 15) is 9.59 Å². The van der Waals surface area contributed by atoms with Gasteiger partial charge in [-0.2, -0.15) is 0 Å². The lowest BCUT2D eigenvalue weighted by Gasteiger charge is -2.33. The van der Waals surface area contributed by atoms with E-state index in [4.69, 9.17) is 10.5 Å². The van der Waals surface area contributed by atoms with Gasteiger partial charge in [-0.25, -0.2) is 4.98 Å². The summed E-state index contributed by atoms with van der Waals surface area (Å²) < 4.78 is 5.87. The van der Waals surface area contributed by atoms with E-state index < -0.39 is 5.91 Å². The monoisotopic (exact) mass is 383 g/mol. The van der Waals surface area contributed by atoms with Crippen LogP contribution in [0, 0.1) is 0 Å². The fourth-order valence-electron chi connectivity index (χ4n) is 3.91. The highest BCUT2D eigenvalue weighted by Crippen LogP contribution is 2.27. The minimum Gasteiger partial charge on any atom is -0.368 e. The maximum atomic E-state index is 12.1. The van der Waals surface area contributed by atoms with E-state index in [1.807, 2.05) is 11.0 Å². The SMILES string of the molecule is NC(=O)c1ccc2cncc(N3CCC(OCC(=O)N4CCCC4)CC3)c2n1. The molecule has 2 aromatic heterocycles. The third kappa shape index (κ3) is 3.91. The number of hydrogen-bond acceptors (Lipinski definition) is 6. The van der Waals surface area contributed by atoms with Gasteiger partial charge in [0, 0.05) is 37.8 Å². The molecule has 4 heterocycles. The molecular weight excluding hydrogens is 358 g/mol. The molecule has 2 amide bonds. The summed E-state index contributed by atoms with van der Waals surface area (Å²) >= 11 is 0. The summed E-state index contributed by atoms with van der Waals surface area (Å²) in [4.78, 5) is 36.5. The Morgan fingerprint density at radius 3 is 2.57 bits per heavy atom. The second-order valence-corrected chi connectivity index (χ2v) is 7.38. The maximum absolute atomic E-state index is 12.1. The molecule has 148 valence electrons. The molecule has 8 nitrogen and oxygen atoms in total. The van der Waals surface area contributed by atoms with Gasteiger partial charge in [-0.05, 0) is 37.8 Å². The van der Waals surface area contributed by atoms with Gasteiger partial charge in [0.1, 0.15) is 12.3 Å². The lowest BCUT2D eigenvalue weighted by atomic mass is 10.1. The molecule has 0 spiro atoms. The Morgan fingerprint density at radius 2 is 1.86 bits per heavy atom. The molecule has 0 saturated carbocycles. The summed E-state index contributed by atoms with van der Waals surface area (Å²) in [7, 11) is 0. The zero-order valence-electron chi connectivity index (χ0n) is 15.8. The number of fused-ring (bicyclic) bond motifs is 1. The van der Waals surface area contributed by atoms with E-state index >= 15 is 0 Å². The number of ether oxygens (including phenoxy) is 1. The van der Waals surface area contributed by atoms with Crippen LogP contribution in [0.15, 0.2) is 24.5 Å². The van der Waals surface area contributed by atoms with Gasteiger partial charge in [-0.1, -0.05) is 0 Å². The molecule has 0 atom stereocenters. The number of primary amides is 1. The quantitative estimate of drug-likeness (QED) is 0.836. The average Bonchev–Trinajstić information content (AvgIpc) is 3.26. The number of pyridine rings is 2. The van der Waals surface area contributed by atoms with Gasteiger partial charge < -0.3 is 20.3 Å². The van der Waals surface area contributed by atoms with Crippen molar-refractivity contribution in [1.29, 1.82) is 0 Å². The second kappa shape index (κ2) is 8.10. The van der Waals surface area contributed by atoms with E-state index in [-0.39, 0.29) is 24.3 Å². The van der Waals surface area contributed by atoms with Crippen LogP contribution < -0.4 is 10.6 Å². The molecule has 2 aliphatic rings. The highest BCUT2D eigenvalue weighted by molar-refractivity contribution is 5.96. The Kier molecular flexibility index (Phi) is 5.38. The average molecular weight is 383 g/mol. The van der Waals surface area contributed by atoms with Crippen LogP contribution in [-0.2, 0) is 9.53 Å². The first-order valence-electron chi connectivity index (χ1n) is 9.81. The highest BCUT2D eigenvalue weighted by atomic mass is 16.5. The van der Waals surface area contributed by atoms with Crippen molar-refractivity contribution in [1.82, 2.24) is 14.9 Å². The fraction of sp³-hybridized carbons (Fsp3) is 0.500. The third-order valence-electron chi connectivity index (χ3n) is 5.52. The molecule has 4 rings (SSSR count). The van der Waals surface area contributed by atoms with Gasteiger partial charge >= 0.3 is 0 Å². The number of rotatable bonds is 5. The fourth-order valence-corrected chi connectivity index (χ4v) is 3.91. The van der Waals surface area contributed by atoms with Gasteiger partial charge in [0.2, 0.25) is 5.91 Å². The molecule has 0 bridgehead atoms. The number of hydrogen-bond donors (Lipinski definition) is 1. The molecule has 0 aromatic carbocycles. The number of anilines is 1. The van der Waals surface area contributed by atoms with E-state index in [1.54, 1.807) is 18.5 Å². The van der Waals surface area contributed by atoms with Gasteiger partial charge in [0.15, 0.2) is 0 Å². The molecule has 2 N–H and O–H groups in total. The van der Waals surface area contributed by atoms with Gasteiger partial charge in [-0.15, -0.1) is 0 Å². The van der Waals surface area contributed by atoms with Crippen molar-refractivity contribution in [3.05, 3.63) is 30.2 Å². The standard InChI is InChI=1S/C20H25N5O3/c21-20(27)16-4-3-14-11-22-12-17(19(14)23-16)24-9-5-15(6-10-24)28-13-18(26)25-7-1-2-8-25/h3-4,11-12,15H,1-2,5-10,13H2,(H2,21,27). The summed E-state index contributed by atoms with van der Waals surface area (Å²) in [5, 5.41) is 0.872. The van der Waals surface area contributed by atoms with Crippen molar-refractivity contribution in [2.24, 2.45) is 5.73 Å². The summed E-state index contributed by atoms with van der Waals surface area (Å²) in [6.07, 6.45) is 7.44. The zero-order chi connectivity index (χ0) is 19.5. The molecule has 28 heavy (non-hydrogen) atoms. The van der Waals surface area contributed by atoms with Crippen molar-refractivity contribution in [2.45, 2.75) is 31.8 Å². The molecular formula is C20H25N5O3. The number of nitrogens with zero attached hydrogens (tertiary/aromatic N) is 4. The first kappa shape index (κ1) is 18.6. The number of carbonyl (C=O) groups excluding carboxylic acids is 2. The van der Waals surface area contributed by atoms with E-state index in [1.165, 1.54) is 0 Å². The lowest BCUT2D eigenvalue weighted by Crippen LogP contribution is -2.39. The number of carbonyl (C=O) groups is 2. The minimum absolute atomic E-state index is 0.0832. The lowest BCUT2D eigenvalue weighted by molar-refractivity contribution is -0.137. The molecule has 2 fully saturated rings. The van der Waals surface area contributed by atoms with Crippen LogP contribution >= 0.6 is 0 Å². The summed E-state index contributed by atoms with van der Waals surface area (Å²) in [5.74, 6) is -0.444. The molecule has 8 heteroatoms. The Hall–Kier alpha value is -2.74. The van der Waals surface area contributed by atoms with Gasteiger partial charge in [0.05, 0.1) is 23.5 Å². The van der Waals surface area contributed by atoms with Crippen molar-refractivity contribution in [3.63, 3.8) is 0 Å². The van der Waals surface area contributed by atoms with E-state index in [2.05, 4.69) is 14.9 Å². The normalized spacial score (nSPS) is 18.0. The van der Waals surface area contributed by atoms with Gasteiger partial charge in [0.25, 0.3) is 5.91 Å². The van der Waals surface area contributed by atoms with Crippen molar-refractivity contribution in [3.8, 4) is 0 Å². The van der Waals surface area contributed by atoms with Crippen LogP contribution in [0.3, 0.4) is 0 Å². The predicted molar refractivity (Wildman–Crippen MR) is 105 cm³/mol. The number of aromatic nitrogens is 2. The largest absolute Gasteiger partial charge is 0.368 e. The summed E-state index contributed by atoms with van der Waals surface area (Å²) in [6.45, 7) is 3.45. The molecule has 2 aliphatic heterocycles. The molecule has 0 radical (unpaired) electrons. The molecule has 0 aliphatic carbocycles. The van der Waals surface area contributed by atoms with Crippen molar-refractivity contribution < 1.29 is 14.3 Å². The predicted octanol–water partition coefficient (Wildman–Crippen LogP) is 1.34. The number of nitrogens with two attached hydrogens (primary N) is 1. The molecule has 2 aromatic rings. The third-order valence-corrected chi connectivity index (χ3v) is 5.52. The van der Waals surface area contributed by atoms with Crippen LogP contribution in [0.2, 0.25) is 0 Å². The Morgan fingerprint density at radius 1 is 1.11 bits per heavy atom. The van der Waals surface area contributed by atoms with Crippen LogP contribution in [-0.4, -0.2) is 65.6 Å². The van der Waals surface area contributed by atoms with Crippen LogP contribution in [0.4, 0.5) is 5.69 Å².